The van der Waals surface area contributed by atoms with Gasteiger partial charge in [-0.1, -0.05) is 20.3 Å². The van der Waals surface area contributed by atoms with Crippen LogP contribution in [0, 0.1) is 5.92 Å². The summed E-state index contributed by atoms with van der Waals surface area (Å²) in [6, 6.07) is 2.58. The second-order valence-electron chi connectivity index (χ2n) is 6.04. The number of nitrogens with zero attached hydrogens (tertiary/aromatic N) is 1. The van der Waals surface area contributed by atoms with E-state index in [1.807, 2.05) is 0 Å². The molecule has 0 aliphatic heterocycles. The van der Waals surface area contributed by atoms with Crippen LogP contribution in [0.3, 0.4) is 0 Å². The number of halogens is 3. The van der Waals surface area contributed by atoms with Gasteiger partial charge < -0.3 is 15.4 Å². The van der Waals surface area contributed by atoms with Crippen LogP contribution in [0.4, 0.5) is 13.2 Å². The van der Waals surface area contributed by atoms with E-state index in [1.165, 1.54) is 18.2 Å². The first-order valence-corrected chi connectivity index (χ1v) is 7.86. The maximum absolute atomic E-state index is 12.6. The SMILES string of the molecule is CC[C@H](C)[C@H](NC(=O)c1ccc2c(c1)[nH]c(=O)n2CC(F)(F)F)C(=O)O. The van der Waals surface area contributed by atoms with Gasteiger partial charge in [-0.25, -0.2) is 9.59 Å². The number of nitrogens with one attached hydrogen (secondary N) is 2. The van der Waals surface area contributed by atoms with Crippen molar-refractivity contribution in [3.05, 3.63) is 34.2 Å². The molecule has 0 spiro atoms. The lowest BCUT2D eigenvalue weighted by Gasteiger charge is -2.20. The lowest BCUT2D eigenvalue weighted by atomic mass is 9.99. The number of amides is 1. The van der Waals surface area contributed by atoms with E-state index >= 15 is 0 Å². The highest BCUT2D eigenvalue weighted by Gasteiger charge is 2.30. The number of aliphatic carboxylic acids is 1. The molecular weight excluding hydrogens is 355 g/mol. The third-order valence-corrected chi connectivity index (χ3v) is 4.14. The molecule has 2 atom stereocenters. The van der Waals surface area contributed by atoms with Crippen LogP contribution < -0.4 is 11.0 Å². The van der Waals surface area contributed by atoms with E-state index in [0.29, 0.717) is 11.0 Å². The molecular formula is C16H18F3N3O4. The monoisotopic (exact) mass is 373 g/mol. The highest BCUT2D eigenvalue weighted by molar-refractivity contribution is 5.99. The average Bonchev–Trinajstić information content (AvgIpc) is 2.84. The molecule has 26 heavy (non-hydrogen) atoms. The zero-order valence-electron chi connectivity index (χ0n) is 14.1. The molecule has 0 radical (unpaired) electrons. The zero-order valence-corrected chi connectivity index (χ0v) is 14.1. The third kappa shape index (κ3) is 4.24. The summed E-state index contributed by atoms with van der Waals surface area (Å²) < 4.78 is 38.2. The van der Waals surface area contributed by atoms with Crippen molar-refractivity contribution >= 4 is 22.9 Å². The second kappa shape index (κ2) is 7.22. The quantitative estimate of drug-likeness (QED) is 0.721. The summed E-state index contributed by atoms with van der Waals surface area (Å²) in [4.78, 5) is 37.6. The summed E-state index contributed by atoms with van der Waals surface area (Å²) in [5, 5.41) is 11.6. The molecule has 2 rings (SSSR count). The van der Waals surface area contributed by atoms with Crippen molar-refractivity contribution in [3.63, 3.8) is 0 Å². The minimum Gasteiger partial charge on any atom is -0.480 e. The van der Waals surface area contributed by atoms with Gasteiger partial charge >= 0.3 is 17.8 Å². The Morgan fingerprint density at radius 1 is 1.35 bits per heavy atom. The number of imidazole rings is 1. The Morgan fingerprint density at radius 3 is 2.54 bits per heavy atom. The predicted molar refractivity (Wildman–Crippen MR) is 87.0 cm³/mol. The van der Waals surface area contributed by atoms with Gasteiger partial charge in [-0.15, -0.1) is 0 Å². The van der Waals surface area contributed by atoms with E-state index in [9.17, 15) is 32.7 Å². The molecule has 0 aliphatic carbocycles. The van der Waals surface area contributed by atoms with Crippen molar-refractivity contribution in [1.29, 1.82) is 0 Å². The summed E-state index contributed by atoms with van der Waals surface area (Å²) in [6.07, 6.45) is -4.04. The van der Waals surface area contributed by atoms with Crippen LogP contribution in [0.1, 0.15) is 30.6 Å². The molecule has 0 bridgehead atoms. The van der Waals surface area contributed by atoms with Gasteiger partial charge in [0, 0.05) is 5.56 Å². The molecule has 142 valence electrons. The van der Waals surface area contributed by atoms with E-state index in [0.717, 1.165) is 0 Å². The average molecular weight is 373 g/mol. The first-order valence-electron chi connectivity index (χ1n) is 7.86. The van der Waals surface area contributed by atoms with Crippen molar-refractivity contribution < 1.29 is 27.9 Å². The van der Waals surface area contributed by atoms with E-state index in [2.05, 4.69) is 10.3 Å². The number of carboxylic acid groups (broad SMARTS) is 1. The molecule has 1 amide bonds. The van der Waals surface area contributed by atoms with E-state index < -0.39 is 36.3 Å². The Hall–Kier alpha value is -2.78. The number of carboxylic acids is 1. The summed E-state index contributed by atoms with van der Waals surface area (Å²) in [5.74, 6) is -2.18. The number of hydrogen-bond acceptors (Lipinski definition) is 3. The normalized spacial score (nSPS) is 14.2. The van der Waals surface area contributed by atoms with Gasteiger partial charge in [0.1, 0.15) is 12.6 Å². The van der Waals surface area contributed by atoms with E-state index in [-0.39, 0.29) is 22.5 Å². The Morgan fingerprint density at radius 2 is 2.00 bits per heavy atom. The Kier molecular flexibility index (Phi) is 5.43. The number of fused-ring (bicyclic) bond motifs is 1. The third-order valence-electron chi connectivity index (χ3n) is 4.14. The topological polar surface area (TPSA) is 104 Å². The number of hydrogen-bond donors (Lipinski definition) is 3. The van der Waals surface area contributed by atoms with Gasteiger partial charge in [-0.3, -0.25) is 9.36 Å². The van der Waals surface area contributed by atoms with Gasteiger partial charge in [-0.05, 0) is 24.1 Å². The summed E-state index contributed by atoms with van der Waals surface area (Å²) in [5.41, 5.74) is -0.853. The van der Waals surface area contributed by atoms with Crippen molar-refractivity contribution in [2.24, 2.45) is 5.92 Å². The molecule has 0 saturated carbocycles. The molecule has 0 unspecified atom stereocenters. The Bertz CT molecular complexity index is 885. The van der Waals surface area contributed by atoms with Crippen LogP contribution in [-0.2, 0) is 11.3 Å². The maximum Gasteiger partial charge on any atom is 0.406 e. The number of aromatic amines is 1. The smallest absolute Gasteiger partial charge is 0.406 e. The summed E-state index contributed by atoms with van der Waals surface area (Å²) in [7, 11) is 0. The number of H-pyrrole nitrogens is 1. The van der Waals surface area contributed by atoms with Crippen molar-refractivity contribution in [2.75, 3.05) is 0 Å². The number of carbonyl (C=O) groups is 2. The first-order chi connectivity index (χ1) is 12.0. The van der Waals surface area contributed by atoms with Gasteiger partial charge in [0.05, 0.1) is 11.0 Å². The van der Waals surface area contributed by atoms with Gasteiger partial charge in [0.2, 0.25) is 0 Å². The van der Waals surface area contributed by atoms with Crippen LogP contribution in [0.15, 0.2) is 23.0 Å². The van der Waals surface area contributed by atoms with Crippen molar-refractivity contribution in [3.8, 4) is 0 Å². The number of carbonyl (C=O) groups excluding carboxylic acids is 1. The zero-order chi connectivity index (χ0) is 19.6. The molecule has 0 fully saturated rings. The summed E-state index contributed by atoms with van der Waals surface area (Å²) >= 11 is 0. The van der Waals surface area contributed by atoms with E-state index in [4.69, 9.17) is 0 Å². The van der Waals surface area contributed by atoms with Gasteiger partial charge in [-0.2, -0.15) is 13.2 Å². The highest BCUT2D eigenvalue weighted by Crippen LogP contribution is 2.20. The molecule has 10 heteroatoms. The fraction of sp³-hybridized carbons (Fsp3) is 0.438. The molecule has 3 N–H and O–H groups in total. The lowest BCUT2D eigenvalue weighted by Crippen LogP contribution is -2.45. The molecule has 1 aromatic carbocycles. The largest absolute Gasteiger partial charge is 0.480 e. The van der Waals surface area contributed by atoms with Crippen LogP contribution in [0.25, 0.3) is 11.0 Å². The number of aromatic nitrogens is 2. The molecule has 1 aromatic heterocycles. The standard InChI is InChI=1S/C16H18F3N3O4/c1-3-8(2)12(14(24)25)21-13(23)9-4-5-11-10(6-9)20-15(26)22(11)7-16(17,18)19/h4-6,8,12H,3,7H2,1-2H3,(H,20,26)(H,21,23)(H,24,25)/t8-,12-/m0/s1. The summed E-state index contributed by atoms with van der Waals surface area (Å²) in [6.45, 7) is 2.01. The van der Waals surface area contributed by atoms with Crippen LogP contribution >= 0.6 is 0 Å². The Balaban J connectivity index is 2.33. The minimum atomic E-state index is -4.57. The molecule has 7 nitrogen and oxygen atoms in total. The fourth-order valence-corrected chi connectivity index (χ4v) is 2.55. The fourth-order valence-electron chi connectivity index (χ4n) is 2.55. The van der Waals surface area contributed by atoms with Gasteiger partial charge in [0.15, 0.2) is 0 Å². The van der Waals surface area contributed by atoms with Crippen molar-refractivity contribution in [2.45, 2.75) is 39.0 Å². The van der Waals surface area contributed by atoms with Crippen LogP contribution in [0.5, 0.6) is 0 Å². The maximum atomic E-state index is 12.6. The number of benzene rings is 1. The highest BCUT2D eigenvalue weighted by atomic mass is 19.4. The Labute approximate surface area is 145 Å². The predicted octanol–water partition coefficient (Wildman–Crippen LogP) is 2.12. The van der Waals surface area contributed by atoms with Crippen LogP contribution in [-0.4, -0.2) is 38.8 Å². The van der Waals surface area contributed by atoms with Crippen molar-refractivity contribution in [1.82, 2.24) is 14.9 Å². The molecule has 1 heterocycles. The lowest BCUT2D eigenvalue weighted by molar-refractivity contribution is -0.141. The minimum absolute atomic E-state index is 0.000542. The van der Waals surface area contributed by atoms with Gasteiger partial charge in [0.25, 0.3) is 5.91 Å². The number of rotatable bonds is 6. The first kappa shape index (κ1) is 19.5. The van der Waals surface area contributed by atoms with Crippen LogP contribution in [0.2, 0.25) is 0 Å². The number of alkyl halides is 3. The van der Waals surface area contributed by atoms with E-state index in [1.54, 1.807) is 13.8 Å². The molecule has 2 aromatic rings. The second-order valence-corrected chi connectivity index (χ2v) is 6.04. The molecule has 0 saturated heterocycles. The molecule has 0 aliphatic rings.